The summed E-state index contributed by atoms with van der Waals surface area (Å²) in [4.78, 5) is 10.6. The first-order chi connectivity index (χ1) is 6.26. The van der Waals surface area contributed by atoms with Crippen LogP contribution in [0.4, 0.5) is 0 Å². The van der Waals surface area contributed by atoms with Crippen molar-refractivity contribution in [2.75, 3.05) is 7.11 Å². The molecule has 1 aromatic rings. The molecule has 4 nitrogen and oxygen atoms in total. The highest BCUT2D eigenvalue weighted by molar-refractivity contribution is 5.88. The molecule has 0 radical (unpaired) electrons. The lowest BCUT2D eigenvalue weighted by Gasteiger charge is -1.88. The summed E-state index contributed by atoms with van der Waals surface area (Å²) in [5.74, 6) is 4.43. The fourth-order valence-corrected chi connectivity index (χ4v) is 0.775. The Morgan fingerprint density at radius 2 is 2.54 bits per heavy atom. The molecule has 0 aliphatic carbocycles. The Hall–Kier alpha value is -1.76. The van der Waals surface area contributed by atoms with E-state index >= 15 is 0 Å². The van der Waals surface area contributed by atoms with Gasteiger partial charge >= 0.3 is 5.97 Å². The highest BCUT2D eigenvalue weighted by Crippen LogP contribution is 1.94. The van der Waals surface area contributed by atoms with Crippen LogP contribution in [0.5, 0.6) is 0 Å². The number of carbonyl (C=O) groups is 1. The summed E-state index contributed by atoms with van der Waals surface area (Å²) in [6.45, 7) is 2.77. The summed E-state index contributed by atoms with van der Waals surface area (Å²) in [7, 11) is 1.30. The maximum atomic E-state index is 10.6. The van der Waals surface area contributed by atoms with Gasteiger partial charge in [0.2, 0.25) is 0 Å². The zero-order valence-corrected chi connectivity index (χ0v) is 7.57. The van der Waals surface area contributed by atoms with Crippen molar-refractivity contribution in [3.63, 3.8) is 0 Å². The van der Waals surface area contributed by atoms with Crippen LogP contribution in [-0.2, 0) is 16.1 Å². The molecule has 0 spiro atoms. The maximum Gasteiger partial charge on any atom is 0.384 e. The minimum atomic E-state index is -0.538. The first-order valence-electron chi connectivity index (χ1n) is 3.88. The molecule has 4 heteroatoms. The molecule has 0 saturated carbocycles. The third kappa shape index (κ3) is 2.64. The van der Waals surface area contributed by atoms with Crippen LogP contribution < -0.4 is 0 Å². The van der Waals surface area contributed by atoms with Gasteiger partial charge in [-0.1, -0.05) is 5.92 Å². The highest BCUT2D eigenvalue weighted by Gasteiger charge is 1.93. The van der Waals surface area contributed by atoms with E-state index in [1.54, 1.807) is 17.1 Å². The van der Waals surface area contributed by atoms with Crippen molar-refractivity contribution in [3.05, 3.63) is 18.0 Å². The third-order valence-electron chi connectivity index (χ3n) is 1.45. The van der Waals surface area contributed by atoms with E-state index in [1.165, 1.54) is 7.11 Å². The first kappa shape index (κ1) is 9.33. The second-order valence-electron chi connectivity index (χ2n) is 2.33. The smallest absolute Gasteiger partial charge is 0.384 e. The lowest BCUT2D eigenvalue weighted by atomic mass is 10.4. The van der Waals surface area contributed by atoms with Crippen LogP contribution >= 0.6 is 0 Å². The molecule has 1 heterocycles. The number of hydrogen-bond acceptors (Lipinski definition) is 3. The van der Waals surface area contributed by atoms with Crippen LogP contribution in [0.2, 0.25) is 0 Å². The standard InChI is InChI=1S/C9H10N2O2/c1-3-11-7-8(6-10-11)4-5-9(12)13-2/h6-7H,3H2,1-2H3. The summed E-state index contributed by atoms with van der Waals surface area (Å²) in [6.07, 6.45) is 3.38. The number of nitrogens with zero attached hydrogens (tertiary/aromatic N) is 2. The Morgan fingerprint density at radius 1 is 1.77 bits per heavy atom. The predicted molar refractivity (Wildman–Crippen MR) is 46.8 cm³/mol. The topological polar surface area (TPSA) is 44.1 Å². The minimum absolute atomic E-state index is 0.538. The number of rotatable bonds is 1. The van der Waals surface area contributed by atoms with Crippen molar-refractivity contribution in [1.82, 2.24) is 9.78 Å². The second kappa shape index (κ2) is 4.31. The van der Waals surface area contributed by atoms with Crippen molar-refractivity contribution in [1.29, 1.82) is 0 Å². The largest absolute Gasteiger partial charge is 0.459 e. The molecule has 0 unspecified atom stereocenters. The zero-order valence-electron chi connectivity index (χ0n) is 7.57. The predicted octanol–water partition coefficient (Wildman–Crippen LogP) is 0.427. The number of aryl methyl sites for hydroxylation is 1. The fraction of sp³-hybridized carbons (Fsp3) is 0.333. The van der Waals surface area contributed by atoms with Crippen molar-refractivity contribution < 1.29 is 9.53 Å². The van der Waals surface area contributed by atoms with Gasteiger partial charge in [0.25, 0.3) is 0 Å². The van der Waals surface area contributed by atoms with Crippen LogP contribution in [0, 0.1) is 11.8 Å². The normalized spacial score (nSPS) is 8.77. The summed E-state index contributed by atoms with van der Waals surface area (Å²) in [5, 5.41) is 4.00. The number of carbonyl (C=O) groups excluding carboxylic acids is 1. The Labute approximate surface area is 76.5 Å². The molecule has 0 amide bonds. The molecule has 0 atom stereocenters. The molecule has 0 saturated heterocycles. The summed E-state index contributed by atoms with van der Waals surface area (Å²) in [5.41, 5.74) is 0.715. The molecule has 1 aromatic heterocycles. The van der Waals surface area contributed by atoms with E-state index in [2.05, 4.69) is 21.7 Å². The van der Waals surface area contributed by atoms with Crippen LogP contribution in [0.25, 0.3) is 0 Å². The third-order valence-corrected chi connectivity index (χ3v) is 1.45. The van der Waals surface area contributed by atoms with Crippen LogP contribution in [0.3, 0.4) is 0 Å². The number of hydrogen-bond donors (Lipinski definition) is 0. The number of ether oxygens (including phenoxy) is 1. The van der Waals surface area contributed by atoms with Gasteiger partial charge in [-0.05, 0) is 6.92 Å². The zero-order chi connectivity index (χ0) is 9.68. The van der Waals surface area contributed by atoms with E-state index in [1.807, 2.05) is 6.92 Å². The molecule has 1 rings (SSSR count). The van der Waals surface area contributed by atoms with Crippen molar-refractivity contribution in [3.8, 4) is 11.8 Å². The van der Waals surface area contributed by atoms with E-state index in [0.29, 0.717) is 5.56 Å². The first-order valence-corrected chi connectivity index (χ1v) is 3.88. The Balaban J connectivity index is 2.72. The lowest BCUT2D eigenvalue weighted by molar-refractivity contribution is -0.133. The molecular formula is C9H10N2O2. The quantitative estimate of drug-likeness (QED) is 0.462. The van der Waals surface area contributed by atoms with E-state index in [0.717, 1.165) is 6.54 Å². The van der Waals surface area contributed by atoms with Gasteiger partial charge in [-0.3, -0.25) is 4.68 Å². The van der Waals surface area contributed by atoms with Crippen LogP contribution in [0.1, 0.15) is 12.5 Å². The average Bonchev–Trinajstić information content (AvgIpc) is 2.61. The van der Waals surface area contributed by atoms with Crippen LogP contribution in [0.15, 0.2) is 12.4 Å². The Morgan fingerprint density at radius 3 is 3.08 bits per heavy atom. The lowest BCUT2D eigenvalue weighted by Crippen LogP contribution is -1.94. The second-order valence-corrected chi connectivity index (χ2v) is 2.33. The number of esters is 1. The van der Waals surface area contributed by atoms with Gasteiger partial charge in [0.05, 0.1) is 18.9 Å². The highest BCUT2D eigenvalue weighted by atomic mass is 16.5. The van der Waals surface area contributed by atoms with E-state index in [4.69, 9.17) is 0 Å². The van der Waals surface area contributed by atoms with Crippen molar-refractivity contribution >= 4 is 5.97 Å². The molecule has 0 aliphatic heterocycles. The summed E-state index contributed by atoms with van der Waals surface area (Å²) >= 11 is 0. The van der Waals surface area contributed by atoms with E-state index in [9.17, 15) is 4.79 Å². The summed E-state index contributed by atoms with van der Waals surface area (Å²) in [6, 6.07) is 0. The van der Waals surface area contributed by atoms with Crippen LogP contribution in [-0.4, -0.2) is 22.9 Å². The van der Waals surface area contributed by atoms with Gasteiger partial charge in [-0.15, -0.1) is 0 Å². The molecule has 13 heavy (non-hydrogen) atoms. The molecule has 68 valence electrons. The number of methoxy groups -OCH3 is 1. The van der Waals surface area contributed by atoms with Gasteiger partial charge in [-0.25, -0.2) is 4.79 Å². The maximum absolute atomic E-state index is 10.6. The van der Waals surface area contributed by atoms with Gasteiger partial charge < -0.3 is 4.74 Å². The average molecular weight is 178 g/mol. The van der Waals surface area contributed by atoms with Crippen molar-refractivity contribution in [2.24, 2.45) is 0 Å². The molecular weight excluding hydrogens is 168 g/mol. The molecule has 0 aromatic carbocycles. The van der Waals surface area contributed by atoms with Gasteiger partial charge in [0, 0.05) is 18.7 Å². The molecule has 0 aliphatic rings. The van der Waals surface area contributed by atoms with E-state index in [-0.39, 0.29) is 0 Å². The Bertz CT molecular complexity index is 357. The minimum Gasteiger partial charge on any atom is -0.459 e. The monoisotopic (exact) mass is 178 g/mol. The van der Waals surface area contributed by atoms with Gasteiger partial charge in [0.15, 0.2) is 0 Å². The summed E-state index contributed by atoms with van der Waals surface area (Å²) < 4.78 is 6.10. The van der Waals surface area contributed by atoms with Gasteiger partial charge in [0.1, 0.15) is 0 Å². The van der Waals surface area contributed by atoms with E-state index < -0.39 is 5.97 Å². The Kier molecular flexibility index (Phi) is 3.09. The van der Waals surface area contributed by atoms with Gasteiger partial charge in [-0.2, -0.15) is 5.10 Å². The SMILES string of the molecule is CCn1cc(C#CC(=O)OC)cn1. The molecule has 0 bridgehead atoms. The van der Waals surface area contributed by atoms with Crippen molar-refractivity contribution in [2.45, 2.75) is 13.5 Å². The fourth-order valence-electron chi connectivity index (χ4n) is 0.775. The molecule has 0 N–H and O–H groups in total. The number of aromatic nitrogens is 2. The molecule has 0 fully saturated rings.